The molecular formula is C18H21N3O3S. The fraction of sp³-hybridized carbons (Fsp3) is 0.278. The largest absolute Gasteiger partial charge is 0.351 e. The number of amides is 3. The van der Waals surface area contributed by atoms with Crippen LogP contribution in [-0.2, 0) is 4.79 Å². The van der Waals surface area contributed by atoms with Gasteiger partial charge in [-0.05, 0) is 42.1 Å². The molecule has 7 heteroatoms. The molecule has 0 unspecified atom stereocenters. The van der Waals surface area contributed by atoms with Crippen LogP contribution >= 0.6 is 11.3 Å². The van der Waals surface area contributed by atoms with E-state index in [1.165, 1.54) is 16.2 Å². The van der Waals surface area contributed by atoms with Crippen molar-refractivity contribution in [1.29, 1.82) is 0 Å². The van der Waals surface area contributed by atoms with Gasteiger partial charge in [-0.3, -0.25) is 14.4 Å². The molecular weight excluding hydrogens is 338 g/mol. The highest BCUT2D eigenvalue weighted by atomic mass is 32.1. The second-order valence-electron chi connectivity index (χ2n) is 5.66. The van der Waals surface area contributed by atoms with Gasteiger partial charge >= 0.3 is 0 Å². The van der Waals surface area contributed by atoms with Crippen LogP contribution in [0.4, 0.5) is 5.69 Å². The Kier molecular flexibility index (Phi) is 6.71. The van der Waals surface area contributed by atoms with Gasteiger partial charge < -0.3 is 15.5 Å². The molecule has 0 fully saturated rings. The third-order valence-electron chi connectivity index (χ3n) is 3.43. The Morgan fingerprint density at radius 2 is 1.80 bits per heavy atom. The number of nitrogens with one attached hydrogen (secondary N) is 2. The highest BCUT2D eigenvalue weighted by Gasteiger charge is 2.09. The number of hydrogen-bond acceptors (Lipinski definition) is 4. The van der Waals surface area contributed by atoms with E-state index in [0.717, 1.165) is 0 Å². The Labute approximate surface area is 150 Å². The van der Waals surface area contributed by atoms with E-state index in [-0.39, 0.29) is 17.7 Å². The molecule has 25 heavy (non-hydrogen) atoms. The molecule has 132 valence electrons. The minimum atomic E-state index is -0.128. The lowest BCUT2D eigenvalue weighted by Gasteiger charge is -2.11. The highest BCUT2D eigenvalue weighted by molar-refractivity contribution is 7.12. The van der Waals surface area contributed by atoms with Crippen LogP contribution < -0.4 is 10.6 Å². The molecule has 1 heterocycles. The Balaban J connectivity index is 1.71. The first kappa shape index (κ1) is 18.7. The second kappa shape index (κ2) is 8.98. The molecule has 3 amide bonds. The van der Waals surface area contributed by atoms with Gasteiger partial charge in [0, 0.05) is 38.3 Å². The van der Waals surface area contributed by atoms with Crippen LogP contribution in [0.2, 0.25) is 0 Å². The molecule has 2 rings (SSSR count). The summed E-state index contributed by atoms with van der Waals surface area (Å²) in [5, 5.41) is 7.41. The van der Waals surface area contributed by atoms with Crippen molar-refractivity contribution in [2.45, 2.75) is 12.8 Å². The molecule has 1 aromatic carbocycles. The second-order valence-corrected chi connectivity index (χ2v) is 6.61. The smallest absolute Gasteiger partial charge is 0.261 e. The fourth-order valence-corrected chi connectivity index (χ4v) is 2.76. The summed E-state index contributed by atoms with van der Waals surface area (Å²) in [4.78, 5) is 37.6. The van der Waals surface area contributed by atoms with Crippen LogP contribution in [0.25, 0.3) is 0 Å². The molecule has 0 aliphatic carbocycles. The lowest BCUT2D eigenvalue weighted by molar-refractivity contribution is -0.116. The molecule has 0 bridgehead atoms. The first-order valence-electron chi connectivity index (χ1n) is 7.90. The van der Waals surface area contributed by atoms with Crippen LogP contribution in [0.1, 0.15) is 32.9 Å². The predicted octanol–water partition coefficient (Wildman–Crippen LogP) is 2.60. The maximum atomic E-state index is 11.9. The Morgan fingerprint density at radius 3 is 2.40 bits per heavy atom. The van der Waals surface area contributed by atoms with Crippen molar-refractivity contribution in [2.24, 2.45) is 0 Å². The number of nitrogens with zero attached hydrogens (tertiary/aromatic N) is 1. The summed E-state index contributed by atoms with van der Waals surface area (Å²) in [5.74, 6) is -0.326. The molecule has 6 nitrogen and oxygen atoms in total. The number of carbonyl (C=O) groups excluding carboxylic acids is 3. The van der Waals surface area contributed by atoms with Crippen LogP contribution in [-0.4, -0.2) is 43.3 Å². The van der Waals surface area contributed by atoms with Crippen molar-refractivity contribution >= 4 is 34.7 Å². The first-order valence-corrected chi connectivity index (χ1v) is 8.78. The van der Waals surface area contributed by atoms with Gasteiger partial charge in [0.2, 0.25) is 5.91 Å². The van der Waals surface area contributed by atoms with Crippen LogP contribution in [0.15, 0.2) is 41.8 Å². The quantitative estimate of drug-likeness (QED) is 0.746. The van der Waals surface area contributed by atoms with Crippen molar-refractivity contribution < 1.29 is 14.4 Å². The van der Waals surface area contributed by atoms with E-state index in [2.05, 4.69) is 10.6 Å². The maximum Gasteiger partial charge on any atom is 0.261 e. The standard InChI is InChI=1S/C18H21N3O3S/c1-21(2)18(24)13-7-9-14(10-8-13)20-16(22)6-3-11-19-17(23)15-5-4-12-25-15/h4-5,7-10,12H,3,6,11H2,1-2H3,(H,19,23)(H,20,22). The Morgan fingerprint density at radius 1 is 1.08 bits per heavy atom. The van der Waals surface area contributed by atoms with E-state index in [1.807, 2.05) is 11.4 Å². The SMILES string of the molecule is CN(C)C(=O)c1ccc(NC(=O)CCCNC(=O)c2cccs2)cc1. The van der Waals surface area contributed by atoms with Crippen LogP contribution in [0.5, 0.6) is 0 Å². The van der Waals surface area contributed by atoms with E-state index in [0.29, 0.717) is 35.5 Å². The van der Waals surface area contributed by atoms with Gasteiger partial charge in [-0.1, -0.05) is 6.07 Å². The third-order valence-corrected chi connectivity index (χ3v) is 4.30. The summed E-state index contributed by atoms with van der Waals surface area (Å²) in [7, 11) is 3.38. The number of carbonyl (C=O) groups is 3. The van der Waals surface area contributed by atoms with Gasteiger partial charge in [0.25, 0.3) is 11.8 Å². The van der Waals surface area contributed by atoms with Crippen LogP contribution in [0.3, 0.4) is 0 Å². The van der Waals surface area contributed by atoms with Crippen molar-refractivity contribution in [2.75, 3.05) is 26.0 Å². The van der Waals surface area contributed by atoms with Gasteiger partial charge in [0.1, 0.15) is 0 Å². The number of thiophene rings is 1. The van der Waals surface area contributed by atoms with Crippen LogP contribution in [0, 0.1) is 0 Å². The molecule has 2 aromatic rings. The maximum absolute atomic E-state index is 11.9. The zero-order chi connectivity index (χ0) is 18.2. The molecule has 0 radical (unpaired) electrons. The number of rotatable bonds is 7. The van der Waals surface area contributed by atoms with E-state index in [4.69, 9.17) is 0 Å². The van der Waals surface area contributed by atoms with E-state index in [1.54, 1.807) is 44.4 Å². The number of hydrogen-bond donors (Lipinski definition) is 2. The average molecular weight is 359 g/mol. The van der Waals surface area contributed by atoms with E-state index >= 15 is 0 Å². The molecule has 0 aliphatic rings. The number of anilines is 1. The molecule has 0 saturated carbocycles. The van der Waals surface area contributed by atoms with Gasteiger partial charge in [0.05, 0.1) is 4.88 Å². The van der Waals surface area contributed by atoms with Gasteiger partial charge in [0.15, 0.2) is 0 Å². The fourth-order valence-electron chi connectivity index (χ4n) is 2.12. The van der Waals surface area contributed by atoms with Gasteiger partial charge in [-0.2, -0.15) is 0 Å². The highest BCUT2D eigenvalue weighted by Crippen LogP contribution is 2.11. The zero-order valence-electron chi connectivity index (χ0n) is 14.2. The van der Waals surface area contributed by atoms with Crippen molar-refractivity contribution in [3.63, 3.8) is 0 Å². The minimum Gasteiger partial charge on any atom is -0.351 e. The molecule has 0 aliphatic heterocycles. The Bertz CT molecular complexity index is 725. The van der Waals surface area contributed by atoms with E-state index in [9.17, 15) is 14.4 Å². The van der Waals surface area contributed by atoms with E-state index < -0.39 is 0 Å². The molecule has 0 saturated heterocycles. The van der Waals surface area contributed by atoms with Gasteiger partial charge in [-0.15, -0.1) is 11.3 Å². The molecule has 0 spiro atoms. The lowest BCUT2D eigenvalue weighted by Crippen LogP contribution is -2.24. The first-order chi connectivity index (χ1) is 12.0. The summed E-state index contributed by atoms with van der Waals surface area (Å²) in [5.41, 5.74) is 1.21. The van der Waals surface area contributed by atoms with Crippen molar-refractivity contribution in [3.05, 3.63) is 52.2 Å². The van der Waals surface area contributed by atoms with Crippen molar-refractivity contribution in [3.8, 4) is 0 Å². The predicted molar refractivity (Wildman–Crippen MR) is 99.0 cm³/mol. The lowest BCUT2D eigenvalue weighted by atomic mass is 10.2. The summed E-state index contributed by atoms with van der Waals surface area (Å²) < 4.78 is 0. The topological polar surface area (TPSA) is 78.5 Å². The van der Waals surface area contributed by atoms with Gasteiger partial charge in [-0.25, -0.2) is 0 Å². The molecule has 2 N–H and O–H groups in total. The van der Waals surface area contributed by atoms with Crippen molar-refractivity contribution in [1.82, 2.24) is 10.2 Å². The monoisotopic (exact) mass is 359 g/mol. The summed E-state index contributed by atoms with van der Waals surface area (Å²) >= 11 is 1.38. The summed E-state index contributed by atoms with van der Waals surface area (Å²) in [6, 6.07) is 10.3. The normalized spacial score (nSPS) is 10.2. The number of benzene rings is 1. The zero-order valence-corrected chi connectivity index (χ0v) is 15.1. The molecule has 1 aromatic heterocycles. The molecule has 0 atom stereocenters. The Hall–Kier alpha value is -2.67. The minimum absolute atomic E-state index is 0.0839. The average Bonchev–Trinajstić information content (AvgIpc) is 3.13. The third kappa shape index (κ3) is 5.72. The summed E-state index contributed by atoms with van der Waals surface area (Å²) in [6.45, 7) is 0.445. The summed E-state index contributed by atoms with van der Waals surface area (Å²) in [6.07, 6.45) is 0.864.